The van der Waals surface area contributed by atoms with Crippen molar-refractivity contribution in [3.8, 4) is 5.88 Å². The third-order valence-electron chi connectivity index (χ3n) is 5.79. The van der Waals surface area contributed by atoms with Gasteiger partial charge in [-0.15, -0.1) is 0 Å². The van der Waals surface area contributed by atoms with Crippen molar-refractivity contribution >= 4 is 39.3 Å². The smallest absolute Gasteiger partial charge is 0.228 e. The highest BCUT2D eigenvalue weighted by Crippen LogP contribution is 2.37. The lowest BCUT2D eigenvalue weighted by Crippen LogP contribution is -2.56. The van der Waals surface area contributed by atoms with Crippen molar-refractivity contribution in [3.05, 3.63) is 29.2 Å². The molecule has 2 aromatic heterocycles. The predicted molar refractivity (Wildman–Crippen MR) is 123 cm³/mol. The number of hydrogen-bond donors (Lipinski definition) is 1. The van der Waals surface area contributed by atoms with Crippen LogP contribution >= 0.6 is 11.6 Å². The first kappa shape index (κ1) is 23.3. The van der Waals surface area contributed by atoms with Gasteiger partial charge in [-0.2, -0.15) is 0 Å². The molecule has 174 valence electrons. The lowest BCUT2D eigenvalue weighted by molar-refractivity contribution is -0.141. The van der Waals surface area contributed by atoms with E-state index in [1.54, 1.807) is 23.4 Å². The molecule has 2 fully saturated rings. The van der Waals surface area contributed by atoms with Crippen LogP contribution in [0.3, 0.4) is 0 Å². The summed E-state index contributed by atoms with van der Waals surface area (Å²) in [5, 5.41) is 1.86. The Morgan fingerprint density at radius 1 is 1.34 bits per heavy atom. The number of amides is 1. The van der Waals surface area contributed by atoms with Crippen molar-refractivity contribution in [3.63, 3.8) is 0 Å². The van der Waals surface area contributed by atoms with E-state index in [-0.39, 0.29) is 18.1 Å². The van der Waals surface area contributed by atoms with Crippen LogP contribution in [0.2, 0.25) is 5.15 Å². The van der Waals surface area contributed by atoms with Crippen LogP contribution < -0.4 is 9.46 Å². The van der Waals surface area contributed by atoms with Crippen molar-refractivity contribution in [2.24, 2.45) is 5.92 Å². The molecule has 2 aliphatic rings. The standard InChI is InChI=1S/C22H28ClFN4O3S/c1-5-18(27-32(30)22(2,3)4)15-8-26-20(16-9-25-19(23)7-13(15)16)31-12-10-28(11-12)21(29)14-6-17(14)24/h7-9,12,14,17-18,27H,5-6,10-11H2,1-4H3/t14-,17+,18?,32+/m1/s1. The molecule has 1 unspecified atom stereocenters. The molecule has 1 aliphatic carbocycles. The van der Waals surface area contributed by atoms with E-state index in [0.29, 0.717) is 42.4 Å². The van der Waals surface area contributed by atoms with Crippen molar-refractivity contribution in [2.75, 3.05) is 13.1 Å². The van der Waals surface area contributed by atoms with E-state index in [1.807, 2.05) is 27.7 Å². The number of nitrogens with zero attached hydrogens (tertiary/aromatic N) is 3. The van der Waals surface area contributed by atoms with Gasteiger partial charge in [-0.1, -0.05) is 18.5 Å². The van der Waals surface area contributed by atoms with Crippen LogP contribution in [0.15, 0.2) is 18.5 Å². The maximum Gasteiger partial charge on any atom is 0.228 e. The Balaban J connectivity index is 1.54. The van der Waals surface area contributed by atoms with Gasteiger partial charge in [-0.05, 0) is 50.6 Å². The third kappa shape index (κ3) is 4.75. The number of aromatic nitrogens is 2. The lowest BCUT2D eigenvalue weighted by atomic mass is 10.0. The highest BCUT2D eigenvalue weighted by atomic mass is 35.5. The van der Waals surface area contributed by atoms with Gasteiger partial charge in [-0.3, -0.25) is 4.79 Å². The first-order valence-electron chi connectivity index (χ1n) is 10.8. The number of carbonyl (C=O) groups excluding carboxylic acids is 1. The van der Waals surface area contributed by atoms with Crippen molar-refractivity contribution in [2.45, 2.75) is 63.6 Å². The molecule has 1 aliphatic heterocycles. The number of halogens is 2. The number of nitrogens with one attached hydrogen (secondary N) is 1. The van der Waals surface area contributed by atoms with Crippen LogP contribution in [0.5, 0.6) is 5.88 Å². The topological polar surface area (TPSA) is 84.4 Å². The van der Waals surface area contributed by atoms with E-state index in [9.17, 15) is 13.4 Å². The summed E-state index contributed by atoms with van der Waals surface area (Å²) < 4.78 is 34.7. The molecule has 1 saturated carbocycles. The molecule has 0 aromatic carbocycles. The molecular formula is C22H28ClFN4O3S. The molecular weight excluding hydrogens is 455 g/mol. The molecule has 0 spiro atoms. The summed E-state index contributed by atoms with van der Waals surface area (Å²) >= 11 is 6.19. The summed E-state index contributed by atoms with van der Waals surface area (Å²) in [4.78, 5) is 22.4. The second-order valence-corrected chi connectivity index (χ2v) is 11.8. The maximum atomic E-state index is 13.1. The third-order valence-corrected chi connectivity index (χ3v) is 7.61. The van der Waals surface area contributed by atoms with Crippen molar-refractivity contribution < 1.29 is 18.1 Å². The van der Waals surface area contributed by atoms with Crippen LogP contribution in [-0.2, 0) is 15.8 Å². The highest BCUT2D eigenvalue weighted by Gasteiger charge is 2.48. The van der Waals surface area contributed by atoms with Gasteiger partial charge >= 0.3 is 0 Å². The van der Waals surface area contributed by atoms with Gasteiger partial charge in [0.05, 0.1) is 40.1 Å². The number of rotatable bonds is 7. The molecule has 1 N–H and O–H groups in total. The zero-order valence-corrected chi connectivity index (χ0v) is 20.2. The van der Waals surface area contributed by atoms with E-state index >= 15 is 0 Å². The van der Waals surface area contributed by atoms with Gasteiger partial charge in [0.15, 0.2) is 0 Å². The van der Waals surface area contributed by atoms with E-state index in [2.05, 4.69) is 14.7 Å². The number of ether oxygens (including phenoxy) is 1. The molecule has 1 amide bonds. The van der Waals surface area contributed by atoms with Gasteiger partial charge in [0.25, 0.3) is 0 Å². The number of likely N-dealkylation sites (tertiary alicyclic amines) is 1. The summed E-state index contributed by atoms with van der Waals surface area (Å²) in [7, 11) is -1.25. The summed E-state index contributed by atoms with van der Waals surface area (Å²) in [6, 6.07) is 1.57. The largest absolute Gasteiger partial charge is 0.470 e. The predicted octanol–water partition coefficient (Wildman–Crippen LogP) is 3.73. The molecule has 4 atom stereocenters. The Kier molecular flexibility index (Phi) is 6.44. The molecule has 0 bridgehead atoms. The Bertz CT molecular complexity index is 1060. The zero-order valence-electron chi connectivity index (χ0n) is 18.6. The second kappa shape index (κ2) is 8.83. The molecule has 0 radical (unpaired) electrons. The number of alkyl halides is 1. The summed E-state index contributed by atoms with van der Waals surface area (Å²) in [5.74, 6) is -0.202. The van der Waals surface area contributed by atoms with Gasteiger partial charge in [0.1, 0.15) is 17.4 Å². The van der Waals surface area contributed by atoms with Crippen LogP contribution in [-0.4, -0.2) is 55.1 Å². The monoisotopic (exact) mass is 482 g/mol. The SMILES string of the molecule is CCC(N[S@@](=O)C(C)(C)C)c1cnc(OC2CN(C(=O)[C@@H]3C[C@@H]3F)C2)c2cnc(Cl)cc12. The average Bonchev–Trinajstić information content (AvgIpc) is 3.43. The second-order valence-electron chi connectivity index (χ2n) is 9.37. The molecule has 4 rings (SSSR count). The maximum absolute atomic E-state index is 13.1. The molecule has 2 aromatic rings. The van der Waals surface area contributed by atoms with Gasteiger partial charge in [0, 0.05) is 18.4 Å². The van der Waals surface area contributed by atoms with Crippen molar-refractivity contribution in [1.29, 1.82) is 0 Å². The van der Waals surface area contributed by atoms with Gasteiger partial charge in [-0.25, -0.2) is 23.3 Å². The fourth-order valence-corrected chi connectivity index (χ4v) is 4.72. The van der Waals surface area contributed by atoms with Crippen molar-refractivity contribution in [1.82, 2.24) is 19.6 Å². The summed E-state index contributed by atoms with van der Waals surface area (Å²) in [5.41, 5.74) is 0.866. The minimum absolute atomic E-state index is 0.136. The van der Waals surface area contributed by atoms with E-state index in [0.717, 1.165) is 10.9 Å². The summed E-state index contributed by atoms with van der Waals surface area (Å²) in [6.07, 6.45) is 3.17. The van der Waals surface area contributed by atoms with Gasteiger partial charge < -0.3 is 9.64 Å². The minimum atomic E-state index is -1.25. The first-order valence-corrected chi connectivity index (χ1v) is 12.3. The van der Waals surface area contributed by atoms with Crippen LogP contribution in [0.4, 0.5) is 4.39 Å². The van der Waals surface area contributed by atoms with Crippen LogP contribution in [0.1, 0.15) is 52.1 Å². The Morgan fingerprint density at radius 3 is 2.62 bits per heavy atom. The average molecular weight is 483 g/mol. The minimum Gasteiger partial charge on any atom is -0.470 e. The normalized spacial score (nSPS) is 23.0. The zero-order chi connectivity index (χ0) is 23.2. The highest BCUT2D eigenvalue weighted by molar-refractivity contribution is 7.84. The molecule has 10 heteroatoms. The lowest BCUT2D eigenvalue weighted by Gasteiger charge is -2.39. The van der Waals surface area contributed by atoms with E-state index in [4.69, 9.17) is 16.3 Å². The van der Waals surface area contributed by atoms with E-state index in [1.165, 1.54) is 0 Å². The molecule has 1 saturated heterocycles. The van der Waals surface area contributed by atoms with Gasteiger partial charge in [0.2, 0.25) is 11.8 Å². The van der Waals surface area contributed by atoms with Crippen LogP contribution in [0.25, 0.3) is 10.8 Å². The fraction of sp³-hybridized carbons (Fsp3) is 0.591. The molecule has 7 nitrogen and oxygen atoms in total. The number of carbonyl (C=O) groups is 1. The Morgan fingerprint density at radius 2 is 2.03 bits per heavy atom. The molecule has 3 heterocycles. The number of pyridine rings is 2. The quantitative estimate of drug-likeness (QED) is 0.608. The Hall–Kier alpha value is -1.84. The molecule has 32 heavy (non-hydrogen) atoms. The fourth-order valence-electron chi connectivity index (χ4n) is 3.66. The van der Waals surface area contributed by atoms with E-state index < -0.39 is 27.8 Å². The Labute approximate surface area is 194 Å². The number of fused-ring (bicyclic) bond motifs is 1. The van der Waals surface area contributed by atoms with Crippen LogP contribution in [0, 0.1) is 5.92 Å². The summed E-state index contributed by atoms with van der Waals surface area (Å²) in [6.45, 7) is 8.59. The number of hydrogen-bond acceptors (Lipinski definition) is 5. The first-order chi connectivity index (χ1) is 15.1.